The van der Waals surface area contributed by atoms with E-state index < -0.39 is 0 Å². The Morgan fingerprint density at radius 1 is 1.21 bits per heavy atom. The number of nitrogen functional groups attached to an aromatic ring is 1. The highest BCUT2D eigenvalue weighted by atomic mass is 16.3. The highest BCUT2D eigenvalue weighted by molar-refractivity contribution is 5.39. The van der Waals surface area contributed by atoms with E-state index in [1.54, 1.807) is 0 Å². The predicted molar refractivity (Wildman–Crippen MR) is 79.9 cm³/mol. The van der Waals surface area contributed by atoms with E-state index in [1.807, 2.05) is 24.3 Å². The van der Waals surface area contributed by atoms with Gasteiger partial charge in [-0.25, -0.2) is 0 Å². The third kappa shape index (κ3) is 3.71. The van der Waals surface area contributed by atoms with Gasteiger partial charge in [0, 0.05) is 24.3 Å². The van der Waals surface area contributed by atoms with Crippen molar-refractivity contribution >= 4 is 5.69 Å². The van der Waals surface area contributed by atoms with Crippen molar-refractivity contribution in [3.05, 3.63) is 29.8 Å². The van der Waals surface area contributed by atoms with Crippen LogP contribution in [-0.2, 0) is 0 Å². The molecule has 2 rings (SSSR count). The molecule has 1 saturated heterocycles. The van der Waals surface area contributed by atoms with Gasteiger partial charge in [-0.2, -0.15) is 0 Å². The van der Waals surface area contributed by atoms with Crippen LogP contribution in [0.1, 0.15) is 51.2 Å². The average Bonchev–Trinajstić information content (AvgIpc) is 2.38. The summed E-state index contributed by atoms with van der Waals surface area (Å²) in [6.07, 6.45) is 4.30. The minimum absolute atomic E-state index is 0.387. The van der Waals surface area contributed by atoms with Gasteiger partial charge in [0.25, 0.3) is 0 Å². The fourth-order valence-corrected chi connectivity index (χ4v) is 3.07. The van der Waals surface area contributed by atoms with E-state index in [1.165, 1.54) is 19.3 Å². The van der Waals surface area contributed by atoms with Gasteiger partial charge in [-0.15, -0.1) is 0 Å². The molecule has 1 aromatic rings. The molecule has 0 amide bonds. The minimum atomic E-state index is -0.387. The van der Waals surface area contributed by atoms with E-state index >= 15 is 0 Å². The minimum Gasteiger partial charge on any atom is -0.399 e. The molecular formula is C16H26N2O. The van der Waals surface area contributed by atoms with Gasteiger partial charge < -0.3 is 10.8 Å². The Kier molecular flexibility index (Phi) is 4.83. The summed E-state index contributed by atoms with van der Waals surface area (Å²) < 4.78 is 0. The Morgan fingerprint density at radius 3 is 2.37 bits per heavy atom. The molecule has 1 fully saturated rings. The molecule has 0 spiro atoms. The van der Waals surface area contributed by atoms with E-state index in [2.05, 4.69) is 18.7 Å². The lowest BCUT2D eigenvalue weighted by atomic mass is 9.96. The first-order valence-electron chi connectivity index (χ1n) is 7.37. The van der Waals surface area contributed by atoms with Crippen LogP contribution in [0.3, 0.4) is 0 Å². The molecule has 106 valence electrons. The summed E-state index contributed by atoms with van der Waals surface area (Å²) in [7, 11) is 0. The lowest BCUT2D eigenvalue weighted by Gasteiger charge is -2.39. The Labute approximate surface area is 116 Å². The first kappa shape index (κ1) is 14.4. The normalized spacial score (nSPS) is 26.3. The Morgan fingerprint density at radius 2 is 1.79 bits per heavy atom. The molecule has 3 N–H and O–H groups in total. The number of nitrogens with zero attached hydrogens (tertiary/aromatic N) is 1. The molecule has 1 aromatic carbocycles. The second-order valence-electron chi connectivity index (χ2n) is 5.84. The van der Waals surface area contributed by atoms with Crippen LogP contribution in [0.4, 0.5) is 5.69 Å². The third-order valence-corrected chi connectivity index (χ3v) is 4.36. The van der Waals surface area contributed by atoms with E-state index in [0.717, 1.165) is 24.2 Å². The first-order valence-corrected chi connectivity index (χ1v) is 7.37. The maximum Gasteiger partial charge on any atom is 0.0802 e. The predicted octanol–water partition coefficient (Wildman–Crippen LogP) is 2.96. The van der Waals surface area contributed by atoms with Gasteiger partial charge in [-0.3, -0.25) is 4.90 Å². The third-order valence-electron chi connectivity index (χ3n) is 4.36. The van der Waals surface area contributed by atoms with Gasteiger partial charge >= 0.3 is 0 Å². The molecular weight excluding hydrogens is 236 g/mol. The molecule has 3 unspecified atom stereocenters. The van der Waals surface area contributed by atoms with Gasteiger partial charge in [0.2, 0.25) is 0 Å². The summed E-state index contributed by atoms with van der Waals surface area (Å²) in [6.45, 7) is 5.56. The second kappa shape index (κ2) is 6.40. The summed E-state index contributed by atoms with van der Waals surface area (Å²) in [6, 6.07) is 8.83. The fraction of sp³-hybridized carbons (Fsp3) is 0.625. The molecule has 1 heterocycles. The summed E-state index contributed by atoms with van der Waals surface area (Å²) in [5, 5.41) is 10.2. The zero-order chi connectivity index (χ0) is 13.8. The number of likely N-dealkylation sites (tertiary alicyclic amines) is 1. The zero-order valence-electron chi connectivity index (χ0n) is 12.0. The topological polar surface area (TPSA) is 49.5 Å². The van der Waals surface area contributed by atoms with Crippen molar-refractivity contribution < 1.29 is 5.11 Å². The van der Waals surface area contributed by atoms with Crippen LogP contribution in [0, 0.1) is 0 Å². The van der Waals surface area contributed by atoms with Crippen LogP contribution in [0.2, 0.25) is 0 Å². The van der Waals surface area contributed by atoms with Crippen molar-refractivity contribution in [3.63, 3.8) is 0 Å². The Bertz CT molecular complexity index is 380. The molecule has 0 bridgehead atoms. The number of rotatable bonds is 4. The average molecular weight is 262 g/mol. The quantitative estimate of drug-likeness (QED) is 0.820. The number of piperidine rings is 1. The second-order valence-corrected chi connectivity index (χ2v) is 5.84. The van der Waals surface area contributed by atoms with Crippen LogP contribution in [0.25, 0.3) is 0 Å². The Balaban J connectivity index is 1.88. The molecule has 19 heavy (non-hydrogen) atoms. The monoisotopic (exact) mass is 262 g/mol. The van der Waals surface area contributed by atoms with E-state index in [0.29, 0.717) is 12.1 Å². The van der Waals surface area contributed by atoms with Gasteiger partial charge in [0.15, 0.2) is 0 Å². The molecule has 3 nitrogen and oxygen atoms in total. The van der Waals surface area contributed by atoms with Crippen molar-refractivity contribution in [2.45, 2.75) is 57.7 Å². The summed E-state index contributed by atoms with van der Waals surface area (Å²) >= 11 is 0. The lowest BCUT2D eigenvalue weighted by molar-refractivity contribution is 0.0748. The van der Waals surface area contributed by atoms with Crippen LogP contribution in [0.15, 0.2) is 24.3 Å². The van der Waals surface area contributed by atoms with Crippen molar-refractivity contribution in [2.75, 3.05) is 12.3 Å². The number of anilines is 1. The van der Waals surface area contributed by atoms with Crippen molar-refractivity contribution in [3.8, 4) is 0 Å². The summed E-state index contributed by atoms with van der Waals surface area (Å²) in [4.78, 5) is 2.53. The van der Waals surface area contributed by atoms with Gasteiger partial charge in [0.1, 0.15) is 0 Å². The number of aliphatic hydroxyl groups is 1. The summed E-state index contributed by atoms with van der Waals surface area (Å²) in [5.74, 6) is 0. The van der Waals surface area contributed by atoms with Crippen LogP contribution >= 0.6 is 0 Å². The van der Waals surface area contributed by atoms with E-state index in [-0.39, 0.29) is 6.10 Å². The van der Waals surface area contributed by atoms with E-state index in [9.17, 15) is 5.11 Å². The van der Waals surface area contributed by atoms with Gasteiger partial charge in [-0.05, 0) is 50.8 Å². The molecule has 3 atom stereocenters. The fourth-order valence-electron chi connectivity index (χ4n) is 3.07. The number of hydrogen-bond donors (Lipinski definition) is 2. The van der Waals surface area contributed by atoms with Crippen LogP contribution in [0.5, 0.6) is 0 Å². The maximum atomic E-state index is 10.2. The Hall–Kier alpha value is -1.06. The molecule has 3 heteroatoms. The van der Waals surface area contributed by atoms with Gasteiger partial charge in [0.05, 0.1) is 6.10 Å². The van der Waals surface area contributed by atoms with Crippen molar-refractivity contribution in [1.29, 1.82) is 0 Å². The number of hydrogen-bond acceptors (Lipinski definition) is 3. The SMILES string of the molecule is CC1CCCC(C)N1CCC(O)c1ccc(N)cc1. The van der Waals surface area contributed by atoms with Crippen LogP contribution in [-0.4, -0.2) is 28.6 Å². The highest BCUT2D eigenvalue weighted by Gasteiger charge is 2.24. The maximum absolute atomic E-state index is 10.2. The van der Waals surface area contributed by atoms with Crippen molar-refractivity contribution in [2.24, 2.45) is 0 Å². The smallest absolute Gasteiger partial charge is 0.0802 e. The van der Waals surface area contributed by atoms with Crippen LogP contribution < -0.4 is 5.73 Å². The molecule has 1 aliphatic heterocycles. The summed E-state index contributed by atoms with van der Waals surface area (Å²) in [5.41, 5.74) is 7.37. The zero-order valence-corrected chi connectivity index (χ0v) is 12.0. The number of aliphatic hydroxyl groups excluding tert-OH is 1. The molecule has 0 aliphatic carbocycles. The number of benzene rings is 1. The number of nitrogens with two attached hydrogens (primary N) is 1. The lowest BCUT2D eigenvalue weighted by Crippen LogP contribution is -2.44. The molecule has 0 saturated carbocycles. The van der Waals surface area contributed by atoms with E-state index in [4.69, 9.17) is 5.73 Å². The highest BCUT2D eigenvalue weighted by Crippen LogP contribution is 2.25. The largest absolute Gasteiger partial charge is 0.399 e. The molecule has 0 aromatic heterocycles. The van der Waals surface area contributed by atoms with Gasteiger partial charge in [-0.1, -0.05) is 18.6 Å². The molecule has 0 radical (unpaired) electrons. The first-order chi connectivity index (χ1) is 9.08. The molecule has 1 aliphatic rings. The van der Waals surface area contributed by atoms with Crippen molar-refractivity contribution in [1.82, 2.24) is 4.90 Å². The standard InChI is InChI=1S/C16H26N2O/c1-12-4-3-5-13(2)18(12)11-10-16(19)14-6-8-15(17)9-7-14/h6-9,12-13,16,19H,3-5,10-11,17H2,1-2H3.